The summed E-state index contributed by atoms with van der Waals surface area (Å²) < 4.78 is 15.1. The van der Waals surface area contributed by atoms with Gasteiger partial charge in [0.2, 0.25) is 0 Å². The third-order valence-corrected chi connectivity index (χ3v) is 1.46. The molecule has 0 heterocycles. The van der Waals surface area contributed by atoms with Crippen molar-refractivity contribution in [2.75, 3.05) is 0 Å². The van der Waals surface area contributed by atoms with Gasteiger partial charge in [-0.05, 0) is 24.1 Å². The average molecular weight is 183 g/mol. The van der Waals surface area contributed by atoms with Crippen LogP contribution in [0.3, 0.4) is 0 Å². The molecule has 1 rings (SSSR count). The second-order valence-electron chi connectivity index (χ2n) is 2.51. The molecule has 0 aliphatic heterocycles. The minimum absolute atomic E-state index is 0.0153. The Morgan fingerprint density at radius 1 is 1.54 bits per heavy atom. The number of hydrogen-bond acceptors (Lipinski definition) is 3. The highest BCUT2D eigenvalue weighted by atomic mass is 16.4. The number of carboxylic acid groups (broad SMARTS) is 1. The van der Waals surface area contributed by atoms with Gasteiger partial charge in [-0.2, -0.15) is 0 Å². The summed E-state index contributed by atoms with van der Waals surface area (Å²) in [6, 6.07) is 3.53. The summed E-state index contributed by atoms with van der Waals surface area (Å²) >= 11 is 0. The molecule has 0 aromatic heterocycles. The van der Waals surface area contributed by atoms with Gasteiger partial charge in [0.15, 0.2) is 0 Å². The number of hydrogen-bond donors (Lipinski definition) is 3. The Balaban J connectivity index is 3.05. The normalized spacial score (nSPS) is 15.8. The van der Waals surface area contributed by atoms with Crippen LogP contribution in [0.5, 0.6) is 5.75 Å². The van der Waals surface area contributed by atoms with Crippen molar-refractivity contribution < 1.29 is 17.7 Å². The quantitative estimate of drug-likeness (QED) is 0.631. The second kappa shape index (κ2) is 3.91. The molecule has 0 aliphatic carbocycles. The Morgan fingerprint density at radius 3 is 2.54 bits per heavy atom. The molecule has 0 unspecified atom stereocenters. The summed E-state index contributed by atoms with van der Waals surface area (Å²) in [6.07, 6.45) is -2.17. The zero-order valence-electron chi connectivity index (χ0n) is 8.77. The molecule has 1 atom stereocenters. The van der Waals surface area contributed by atoms with Gasteiger partial charge in [-0.3, -0.25) is 4.79 Å². The highest BCUT2D eigenvalue weighted by Crippen LogP contribution is 2.10. The predicted octanol–water partition coefficient (Wildman–Crippen LogP) is 0.347. The van der Waals surface area contributed by atoms with Gasteiger partial charge in [-0.15, -0.1) is 0 Å². The van der Waals surface area contributed by atoms with Crippen LogP contribution in [0.15, 0.2) is 24.3 Å². The summed E-state index contributed by atoms with van der Waals surface area (Å²) in [5.74, 6) is -1.42. The molecule has 4 nitrogen and oxygen atoms in total. The van der Waals surface area contributed by atoms with Crippen molar-refractivity contribution in [2.45, 2.75) is 12.4 Å². The number of nitrogens with two attached hydrogens (primary N) is 1. The van der Waals surface area contributed by atoms with Crippen LogP contribution in [0.4, 0.5) is 0 Å². The molecule has 0 radical (unpaired) electrons. The SMILES string of the molecule is [2H]C([2H])(c1ccc(O)cc1)[C@H](N)C(=O)O. The van der Waals surface area contributed by atoms with Gasteiger partial charge in [0, 0.05) is 2.74 Å². The van der Waals surface area contributed by atoms with Gasteiger partial charge in [-0.25, -0.2) is 0 Å². The van der Waals surface area contributed by atoms with E-state index in [2.05, 4.69) is 0 Å². The van der Waals surface area contributed by atoms with Gasteiger partial charge >= 0.3 is 5.97 Å². The van der Waals surface area contributed by atoms with Gasteiger partial charge in [-0.1, -0.05) is 12.1 Å². The first-order valence-electron chi connectivity index (χ1n) is 4.63. The van der Waals surface area contributed by atoms with Crippen LogP contribution >= 0.6 is 0 Å². The fourth-order valence-corrected chi connectivity index (χ4v) is 0.799. The maximum absolute atomic E-state index is 10.6. The van der Waals surface area contributed by atoms with E-state index < -0.39 is 18.4 Å². The molecular weight excluding hydrogens is 170 g/mol. The smallest absolute Gasteiger partial charge is 0.320 e. The van der Waals surface area contributed by atoms with Crippen molar-refractivity contribution in [2.24, 2.45) is 5.73 Å². The van der Waals surface area contributed by atoms with E-state index >= 15 is 0 Å². The van der Waals surface area contributed by atoms with Crippen LogP contribution in [-0.4, -0.2) is 22.2 Å². The first kappa shape index (κ1) is 6.91. The number of carbonyl (C=O) groups is 1. The van der Waals surface area contributed by atoms with Gasteiger partial charge in [0.25, 0.3) is 0 Å². The molecule has 0 spiro atoms. The molecular formula is C9H11NO3. The first-order chi connectivity index (χ1) is 6.85. The second-order valence-corrected chi connectivity index (χ2v) is 2.51. The molecule has 0 saturated heterocycles. The van der Waals surface area contributed by atoms with Crippen molar-refractivity contribution in [3.8, 4) is 5.75 Å². The van der Waals surface area contributed by atoms with Crippen LogP contribution in [0.1, 0.15) is 8.30 Å². The Hall–Kier alpha value is -1.55. The van der Waals surface area contributed by atoms with Crippen LogP contribution in [0.2, 0.25) is 0 Å². The largest absolute Gasteiger partial charge is 0.508 e. The molecule has 0 bridgehead atoms. The van der Waals surface area contributed by atoms with Gasteiger partial charge in [0.1, 0.15) is 11.8 Å². The molecule has 1 aromatic rings. The molecule has 0 saturated carbocycles. The molecule has 70 valence electrons. The maximum atomic E-state index is 10.6. The summed E-state index contributed by atoms with van der Waals surface area (Å²) in [4.78, 5) is 10.6. The van der Waals surface area contributed by atoms with Crippen LogP contribution in [0.25, 0.3) is 0 Å². The third-order valence-electron chi connectivity index (χ3n) is 1.46. The topological polar surface area (TPSA) is 83.5 Å². The van der Waals surface area contributed by atoms with Crippen molar-refractivity contribution in [1.82, 2.24) is 0 Å². The monoisotopic (exact) mass is 183 g/mol. The number of phenolic OH excluding ortho intramolecular Hbond substituents is 1. The van der Waals surface area contributed by atoms with E-state index in [9.17, 15) is 4.79 Å². The van der Waals surface area contributed by atoms with Crippen LogP contribution in [0, 0.1) is 0 Å². The molecule has 4 heteroatoms. The lowest BCUT2D eigenvalue weighted by Crippen LogP contribution is -2.32. The number of aromatic hydroxyl groups is 1. The van der Waals surface area contributed by atoms with Gasteiger partial charge < -0.3 is 15.9 Å². The number of carboxylic acids is 1. The standard InChI is InChI=1S/C9H11NO3/c10-8(9(12)13)5-6-1-3-7(11)4-2-6/h1-4,8,11H,5,10H2,(H,12,13)/t8-/m0/s1/i5D2. The number of aliphatic carboxylic acids is 1. The first-order valence-corrected chi connectivity index (χ1v) is 3.63. The van der Waals surface area contributed by atoms with E-state index in [1.54, 1.807) is 0 Å². The number of phenols is 1. The molecule has 0 fully saturated rings. The zero-order chi connectivity index (χ0) is 11.6. The Kier molecular flexibility index (Phi) is 2.08. The summed E-state index contributed by atoms with van der Waals surface area (Å²) in [6.45, 7) is 0. The third kappa shape index (κ3) is 2.76. The zero-order valence-corrected chi connectivity index (χ0v) is 6.77. The fourth-order valence-electron chi connectivity index (χ4n) is 0.799. The van der Waals surface area contributed by atoms with Crippen molar-refractivity contribution in [3.05, 3.63) is 29.8 Å². The molecule has 0 aliphatic rings. The minimum Gasteiger partial charge on any atom is -0.508 e. The lowest BCUT2D eigenvalue weighted by atomic mass is 10.1. The summed E-state index contributed by atoms with van der Waals surface area (Å²) in [5, 5.41) is 17.6. The number of benzene rings is 1. The van der Waals surface area contributed by atoms with Gasteiger partial charge in [0.05, 0.1) is 0 Å². The van der Waals surface area contributed by atoms with Crippen LogP contribution < -0.4 is 5.73 Å². The van der Waals surface area contributed by atoms with E-state index in [0.29, 0.717) is 0 Å². The van der Waals surface area contributed by atoms with E-state index in [1.165, 1.54) is 24.3 Å². The lowest BCUT2D eigenvalue weighted by Gasteiger charge is -2.05. The average Bonchev–Trinajstić information content (AvgIpc) is 2.17. The van der Waals surface area contributed by atoms with Crippen molar-refractivity contribution in [3.63, 3.8) is 0 Å². The highest BCUT2D eigenvalue weighted by Gasteiger charge is 2.11. The van der Waals surface area contributed by atoms with E-state index in [-0.39, 0.29) is 11.3 Å². The molecule has 1 aromatic carbocycles. The highest BCUT2D eigenvalue weighted by molar-refractivity contribution is 5.73. The van der Waals surface area contributed by atoms with Crippen LogP contribution in [-0.2, 0) is 11.2 Å². The molecule has 13 heavy (non-hydrogen) atoms. The molecule has 4 N–H and O–H groups in total. The Labute approximate surface area is 78.4 Å². The Bertz CT molecular complexity index is 364. The van der Waals surface area contributed by atoms with Crippen molar-refractivity contribution >= 4 is 5.97 Å². The van der Waals surface area contributed by atoms with E-state index in [1.807, 2.05) is 0 Å². The predicted molar refractivity (Wildman–Crippen MR) is 47.4 cm³/mol. The van der Waals surface area contributed by atoms with Crippen molar-refractivity contribution in [1.29, 1.82) is 0 Å². The fraction of sp³-hybridized carbons (Fsp3) is 0.222. The minimum atomic E-state index is -2.17. The molecule has 0 amide bonds. The lowest BCUT2D eigenvalue weighted by molar-refractivity contribution is -0.138. The summed E-state index contributed by atoms with van der Waals surface area (Å²) in [5.41, 5.74) is 5.35. The maximum Gasteiger partial charge on any atom is 0.320 e. The Morgan fingerprint density at radius 2 is 2.08 bits per heavy atom. The number of rotatable bonds is 3. The van der Waals surface area contributed by atoms with E-state index in [0.717, 1.165) is 0 Å². The van der Waals surface area contributed by atoms with E-state index in [4.69, 9.17) is 18.7 Å². The summed E-state index contributed by atoms with van der Waals surface area (Å²) in [7, 11) is 0.